The first-order chi connectivity index (χ1) is 12.4. The Kier molecular flexibility index (Phi) is 4.59. The molecule has 4 rings (SSSR count). The van der Waals surface area contributed by atoms with E-state index in [0.29, 0.717) is 18.8 Å². The van der Waals surface area contributed by atoms with E-state index in [2.05, 4.69) is 21.0 Å². The molecule has 1 saturated carbocycles. The molecule has 0 atom stereocenters. The van der Waals surface area contributed by atoms with Crippen LogP contribution < -0.4 is 0 Å². The third-order valence-corrected chi connectivity index (χ3v) is 8.74. The number of hydrogen-bond acceptors (Lipinski definition) is 4. The molecule has 1 amide bonds. The fourth-order valence-electron chi connectivity index (χ4n) is 4.05. The molecule has 26 heavy (non-hydrogen) atoms. The Balaban J connectivity index is 1.51. The molecule has 0 radical (unpaired) electrons. The van der Waals surface area contributed by atoms with Gasteiger partial charge in [0.25, 0.3) is 5.91 Å². The Hall–Kier alpha value is -1.41. The van der Waals surface area contributed by atoms with Gasteiger partial charge in [-0.05, 0) is 31.0 Å². The second-order valence-corrected chi connectivity index (χ2v) is 10.7. The van der Waals surface area contributed by atoms with Crippen molar-refractivity contribution in [2.24, 2.45) is 7.05 Å². The third-order valence-electron chi connectivity index (χ3n) is 5.62. The van der Waals surface area contributed by atoms with E-state index < -0.39 is 15.1 Å². The normalized spacial score (nSPS) is 19.7. The van der Waals surface area contributed by atoms with Crippen molar-refractivity contribution >= 4 is 42.6 Å². The summed E-state index contributed by atoms with van der Waals surface area (Å²) in [6.07, 6.45) is 4.67. The summed E-state index contributed by atoms with van der Waals surface area (Å²) < 4.78 is 28.1. The standard InChI is InChI=1S/C18H22BrN3O3S/c1-21-17(15-8-7-12(19)9-16(15)20-21)18(23)22-10-14(11-22)26(24,25)13-5-3-2-4-6-13/h7-9,13-14H,2-6,10-11H2,1H3. The lowest BCUT2D eigenvalue weighted by Gasteiger charge is -2.40. The summed E-state index contributed by atoms with van der Waals surface area (Å²) >= 11 is 3.41. The lowest BCUT2D eigenvalue weighted by molar-refractivity contribution is 0.0648. The minimum absolute atomic E-state index is 0.146. The van der Waals surface area contributed by atoms with Crippen molar-refractivity contribution in [2.75, 3.05) is 13.1 Å². The predicted octanol–water partition coefficient (Wildman–Crippen LogP) is 2.91. The van der Waals surface area contributed by atoms with Crippen LogP contribution in [-0.4, -0.2) is 52.6 Å². The predicted molar refractivity (Wildman–Crippen MR) is 104 cm³/mol. The number of rotatable bonds is 3. The molecule has 1 aliphatic carbocycles. The number of aryl methyl sites for hydroxylation is 1. The summed E-state index contributed by atoms with van der Waals surface area (Å²) in [5, 5.41) is 4.56. The average molecular weight is 440 g/mol. The maximum absolute atomic E-state index is 12.9. The summed E-state index contributed by atoms with van der Waals surface area (Å²) in [5.74, 6) is -0.146. The van der Waals surface area contributed by atoms with Crippen LogP contribution in [0.3, 0.4) is 0 Å². The minimum Gasteiger partial charge on any atom is -0.335 e. The summed E-state index contributed by atoms with van der Waals surface area (Å²) in [5.41, 5.74) is 1.26. The molecule has 8 heteroatoms. The smallest absolute Gasteiger partial charge is 0.272 e. The Bertz CT molecular complexity index is 957. The van der Waals surface area contributed by atoms with Gasteiger partial charge in [0, 0.05) is 30.0 Å². The van der Waals surface area contributed by atoms with E-state index in [-0.39, 0.29) is 11.2 Å². The van der Waals surface area contributed by atoms with Gasteiger partial charge in [-0.15, -0.1) is 0 Å². The Labute approximate surface area is 161 Å². The van der Waals surface area contributed by atoms with Gasteiger partial charge in [0.05, 0.1) is 16.0 Å². The van der Waals surface area contributed by atoms with E-state index in [1.54, 1.807) is 16.6 Å². The molecule has 1 saturated heterocycles. The van der Waals surface area contributed by atoms with Crippen molar-refractivity contribution in [1.82, 2.24) is 14.7 Å². The van der Waals surface area contributed by atoms with Gasteiger partial charge in [-0.1, -0.05) is 35.2 Å². The highest BCUT2D eigenvalue weighted by Crippen LogP contribution is 2.31. The van der Waals surface area contributed by atoms with E-state index in [4.69, 9.17) is 0 Å². The monoisotopic (exact) mass is 439 g/mol. The molecule has 0 unspecified atom stereocenters. The molecule has 0 spiro atoms. The van der Waals surface area contributed by atoms with Crippen LogP contribution in [0.15, 0.2) is 22.7 Å². The molecule has 1 aromatic carbocycles. The van der Waals surface area contributed by atoms with E-state index in [9.17, 15) is 13.2 Å². The fraction of sp³-hybridized carbons (Fsp3) is 0.556. The summed E-state index contributed by atoms with van der Waals surface area (Å²) in [7, 11) is -1.39. The van der Waals surface area contributed by atoms with Crippen molar-refractivity contribution in [2.45, 2.75) is 42.6 Å². The van der Waals surface area contributed by atoms with Gasteiger partial charge in [-0.3, -0.25) is 9.48 Å². The maximum Gasteiger partial charge on any atom is 0.272 e. The summed E-state index contributed by atoms with van der Waals surface area (Å²) in [6.45, 7) is 0.585. The minimum atomic E-state index is -3.14. The third kappa shape index (κ3) is 2.97. The first-order valence-corrected chi connectivity index (χ1v) is 11.4. The highest BCUT2D eigenvalue weighted by atomic mass is 79.9. The Morgan fingerprint density at radius 2 is 1.85 bits per heavy atom. The van der Waals surface area contributed by atoms with E-state index in [1.165, 1.54) is 0 Å². The van der Waals surface area contributed by atoms with Crippen molar-refractivity contribution < 1.29 is 13.2 Å². The molecule has 2 aromatic rings. The zero-order valence-corrected chi connectivity index (χ0v) is 17.1. The first-order valence-electron chi connectivity index (χ1n) is 9.02. The average Bonchev–Trinajstić information content (AvgIpc) is 2.88. The van der Waals surface area contributed by atoms with Crippen LogP contribution in [-0.2, 0) is 16.9 Å². The van der Waals surface area contributed by atoms with Crippen LogP contribution in [0.4, 0.5) is 0 Å². The maximum atomic E-state index is 12.9. The topological polar surface area (TPSA) is 72.3 Å². The van der Waals surface area contributed by atoms with Crippen molar-refractivity contribution in [3.05, 3.63) is 28.4 Å². The van der Waals surface area contributed by atoms with Gasteiger partial charge in [0.15, 0.2) is 9.84 Å². The second-order valence-electron chi connectivity index (χ2n) is 7.31. The van der Waals surface area contributed by atoms with E-state index in [1.807, 2.05) is 18.2 Å². The molecule has 0 N–H and O–H groups in total. The second kappa shape index (κ2) is 6.64. The van der Waals surface area contributed by atoms with Crippen molar-refractivity contribution in [3.8, 4) is 0 Å². The van der Waals surface area contributed by atoms with Gasteiger partial charge in [-0.2, -0.15) is 5.10 Å². The fourth-order valence-corrected chi connectivity index (χ4v) is 6.71. The molecular formula is C18H22BrN3O3S. The molecule has 2 heterocycles. The number of sulfone groups is 1. The largest absolute Gasteiger partial charge is 0.335 e. The molecule has 2 aliphatic rings. The van der Waals surface area contributed by atoms with Crippen molar-refractivity contribution in [1.29, 1.82) is 0 Å². The van der Waals surface area contributed by atoms with Gasteiger partial charge in [-0.25, -0.2) is 8.42 Å². The highest BCUT2D eigenvalue weighted by molar-refractivity contribution is 9.10. The molecule has 140 valence electrons. The van der Waals surface area contributed by atoms with Crippen LogP contribution in [0, 0.1) is 0 Å². The number of hydrogen-bond donors (Lipinski definition) is 0. The Morgan fingerprint density at radius 1 is 1.15 bits per heavy atom. The summed E-state index contributed by atoms with van der Waals surface area (Å²) in [4.78, 5) is 14.5. The number of nitrogens with zero attached hydrogens (tertiary/aromatic N) is 3. The van der Waals surface area contributed by atoms with Crippen LogP contribution >= 0.6 is 15.9 Å². The van der Waals surface area contributed by atoms with Gasteiger partial charge in [0.2, 0.25) is 0 Å². The molecular weight excluding hydrogens is 418 g/mol. The number of benzene rings is 1. The van der Waals surface area contributed by atoms with Gasteiger partial charge >= 0.3 is 0 Å². The van der Waals surface area contributed by atoms with Crippen LogP contribution in [0.25, 0.3) is 10.9 Å². The lowest BCUT2D eigenvalue weighted by Crippen LogP contribution is -2.59. The number of aromatic nitrogens is 2. The van der Waals surface area contributed by atoms with Crippen molar-refractivity contribution in [3.63, 3.8) is 0 Å². The number of likely N-dealkylation sites (tertiary alicyclic amines) is 1. The van der Waals surface area contributed by atoms with E-state index in [0.717, 1.165) is 47.5 Å². The SMILES string of the molecule is Cn1nc2cc(Br)ccc2c1C(=O)N1CC(S(=O)(=O)C2CCCCC2)C1. The van der Waals surface area contributed by atoms with E-state index >= 15 is 0 Å². The lowest BCUT2D eigenvalue weighted by atomic mass is 10.0. The van der Waals surface area contributed by atoms with Crippen LogP contribution in [0.2, 0.25) is 0 Å². The van der Waals surface area contributed by atoms with Crippen LogP contribution in [0.5, 0.6) is 0 Å². The van der Waals surface area contributed by atoms with Gasteiger partial charge in [0.1, 0.15) is 5.69 Å². The molecule has 0 bridgehead atoms. The molecule has 2 fully saturated rings. The molecule has 6 nitrogen and oxygen atoms in total. The molecule has 1 aromatic heterocycles. The number of amides is 1. The van der Waals surface area contributed by atoms with Crippen LogP contribution in [0.1, 0.15) is 42.6 Å². The Morgan fingerprint density at radius 3 is 2.54 bits per heavy atom. The quantitative estimate of drug-likeness (QED) is 0.736. The number of halogens is 1. The van der Waals surface area contributed by atoms with Gasteiger partial charge < -0.3 is 4.90 Å². The number of carbonyl (C=O) groups excluding carboxylic acids is 1. The molecule has 1 aliphatic heterocycles. The zero-order valence-electron chi connectivity index (χ0n) is 14.7. The first kappa shape index (κ1) is 18.0. The zero-order chi connectivity index (χ0) is 18.5. The number of fused-ring (bicyclic) bond motifs is 1. The number of carbonyl (C=O) groups is 1. The highest BCUT2D eigenvalue weighted by Gasteiger charge is 2.44. The summed E-state index contributed by atoms with van der Waals surface area (Å²) in [6, 6.07) is 5.63.